The molecule has 2 aliphatic rings. The molecule has 3 rings (SSSR count). The van der Waals surface area contributed by atoms with E-state index in [0.717, 1.165) is 31.2 Å². The summed E-state index contributed by atoms with van der Waals surface area (Å²) in [7, 11) is 0. The SMILES string of the molecule is C1CCCC(c2noc(C[C@H]3CCCNC3)n2)CC1. The van der Waals surface area contributed by atoms with Crippen molar-refractivity contribution in [2.24, 2.45) is 5.92 Å². The van der Waals surface area contributed by atoms with E-state index in [4.69, 9.17) is 4.52 Å². The second kappa shape index (κ2) is 6.51. The molecule has 0 bridgehead atoms. The first-order valence-electron chi connectivity index (χ1n) is 7.95. The monoisotopic (exact) mass is 263 g/mol. The average Bonchev–Trinajstić information content (AvgIpc) is 2.74. The molecule has 0 unspecified atom stereocenters. The van der Waals surface area contributed by atoms with Gasteiger partial charge in [0.05, 0.1) is 0 Å². The van der Waals surface area contributed by atoms with Gasteiger partial charge >= 0.3 is 0 Å². The highest BCUT2D eigenvalue weighted by Crippen LogP contribution is 2.30. The van der Waals surface area contributed by atoms with Gasteiger partial charge < -0.3 is 9.84 Å². The van der Waals surface area contributed by atoms with Gasteiger partial charge in [-0.1, -0.05) is 30.8 Å². The van der Waals surface area contributed by atoms with E-state index in [1.807, 2.05) is 0 Å². The Balaban J connectivity index is 1.58. The van der Waals surface area contributed by atoms with Gasteiger partial charge in [0.15, 0.2) is 5.82 Å². The molecule has 4 heteroatoms. The molecule has 2 fully saturated rings. The molecule has 0 spiro atoms. The van der Waals surface area contributed by atoms with Crippen LogP contribution >= 0.6 is 0 Å². The zero-order chi connectivity index (χ0) is 12.9. The van der Waals surface area contributed by atoms with Gasteiger partial charge in [-0.25, -0.2) is 0 Å². The summed E-state index contributed by atoms with van der Waals surface area (Å²) in [4.78, 5) is 4.66. The van der Waals surface area contributed by atoms with Gasteiger partial charge in [0.1, 0.15) is 0 Å². The molecule has 4 nitrogen and oxygen atoms in total. The van der Waals surface area contributed by atoms with E-state index in [1.165, 1.54) is 51.4 Å². The van der Waals surface area contributed by atoms with Crippen molar-refractivity contribution >= 4 is 0 Å². The fourth-order valence-corrected chi connectivity index (χ4v) is 3.40. The van der Waals surface area contributed by atoms with Crippen LogP contribution in [-0.4, -0.2) is 23.2 Å². The van der Waals surface area contributed by atoms with E-state index < -0.39 is 0 Å². The third-order valence-electron chi connectivity index (χ3n) is 4.57. The summed E-state index contributed by atoms with van der Waals surface area (Å²) in [6.45, 7) is 2.26. The summed E-state index contributed by atoms with van der Waals surface area (Å²) in [5, 5.41) is 7.68. The average molecular weight is 263 g/mol. The van der Waals surface area contributed by atoms with Crippen LogP contribution in [0.25, 0.3) is 0 Å². The number of rotatable bonds is 3. The zero-order valence-corrected chi connectivity index (χ0v) is 11.7. The van der Waals surface area contributed by atoms with Crippen molar-refractivity contribution in [3.63, 3.8) is 0 Å². The van der Waals surface area contributed by atoms with Gasteiger partial charge in [0.2, 0.25) is 5.89 Å². The maximum absolute atomic E-state index is 5.47. The third-order valence-corrected chi connectivity index (χ3v) is 4.57. The number of aromatic nitrogens is 2. The molecule has 1 N–H and O–H groups in total. The minimum absolute atomic E-state index is 0.546. The topological polar surface area (TPSA) is 51.0 Å². The van der Waals surface area contributed by atoms with Crippen LogP contribution in [0.3, 0.4) is 0 Å². The van der Waals surface area contributed by atoms with E-state index >= 15 is 0 Å². The van der Waals surface area contributed by atoms with Crippen molar-refractivity contribution in [1.29, 1.82) is 0 Å². The first-order chi connectivity index (χ1) is 9.42. The van der Waals surface area contributed by atoms with Gasteiger partial charge in [-0.2, -0.15) is 4.98 Å². The maximum atomic E-state index is 5.47. The lowest BCUT2D eigenvalue weighted by molar-refractivity contribution is 0.313. The minimum atomic E-state index is 0.546. The molecule has 1 saturated heterocycles. The molecule has 1 aromatic heterocycles. The van der Waals surface area contributed by atoms with Crippen LogP contribution in [0.4, 0.5) is 0 Å². The molecule has 1 aromatic rings. The number of piperidine rings is 1. The number of hydrogen-bond donors (Lipinski definition) is 1. The Kier molecular flexibility index (Phi) is 4.49. The highest BCUT2D eigenvalue weighted by molar-refractivity contribution is 4.97. The van der Waals surface area contributed by atoms with Crippen LogP contribution in [-0.2, 0) is 6.42 Å². The minimum Gasteiger partial charge on any atom is -0.339 e. The number of hydrogen-bond acceptors (Lipinski definition) is 4. The van der Waals surface area contributed by atoms with Gasteiger partial charge in [0, 0.05) is 12.3 Å². The van der Waals surface area contributed by atoms with Crippen LogP contribution in [0.1, 0.15) is 69.0 Å². The molecule has 19 heavy (non-hydrogen) atoms. The maximum Gasteiger partial charge on any atom is 0.226 e. The predicted molar refractivity (Wildman–Crippen MR) is 74.0 cm³/mol. The molecule has 1 saturated carbocycles. The lowest BCUT2D eigenvalue weighted by Gasteiger charge is -2.20. The molecular formula is C15H25N3O. The van der Waals surface area contributed by atoms with Crippen molar-refractivity contribution in [2.45, 2.75) is 63.7 Å². The summed E-state index contributed by atoms with van der Waals surface area (Å²) < 4.78 is 5.47. The van der Waals surface area contributed by atoms with Crippen molar-refractivity contribution < 1.29 is 4.52 Å². The Bertz CT molecular complexity index is 376. The van der Waals surface area contributed by atoms with Gasteiger partial charge in [-0.3, -0.25) is 0 Å². The fraction of sp³-hybridized carbons (Fsp3) is 0.867. The zero-order valence-electron chi connectivity index (χ0n) is 11.7. The quantitative estimate of drug-likeness (QED) is 0.852. The number of nitrogens with one attached hydrogen (secondary N) is 1. The second-order valence-corrected chi connectivity index (χ2v) is 6.15. The van der Waals surface area contributed by atoms with E-state index in [2.05, 4.69) is 15.5 Å². The lowest BCUT2D eigenvalue weighted by Crippen LogP contribution is -2.30. The summed E-state index contributed by atoms with van der Waals surface area (Å²) in [5.74, 6) is 3.05. The third kappa shape index (κ3) is 3.56. The first kappa shape index (κ1) is 13.1. The van der Waals surface area contributed by atoms with Gasteiger partial charge in [0.25, 0.3) is 0 Å². The summed E-state index contributed by atoms with van der Waals surface area (Å²) in [5.41, 5.74) is 0. The van der Waals surface area contributed by atoms with Crippen LogP contribution in [0, 0.1) is 5.92 Å². The molecule has 0 radical (unpaired) electrons. The highest BCUT2D eigenvalue weighted by Gasteiger charge is 2.22. The predicted octanol–water partition coefficient (Wildman–Crippen LogP) is 3.05. The molecule has 0 amide bonds. The van der Waals surface area contributed by atoms with Gasteiger partial charge in [-0.15, -0.1) is 0 Å². The Labute approximate surface area is 115 Å². The largest absolute Gasteiger partial charge is 0.339 e. The van der Waals surface area contributed by atoms with E-state index in [-0.39, 0.29) is 0 Å². The Morgan fingerprint density at radius 3 is 2.63 bits per heavy atom. The molecular weight excluding hydrogens is 238 g/mol. The molecule has 0 aromatic carbocycles. The summed E-state index contributed by atoms with van der Waals surface area (Å²) in [6, 6.07) is 0. The molecule has 2 heterocycles. The molecule has 1 aliphatic carbocycles. The van der Waals surface area contributed by atoms with Crippen molar-refractivity contribution in [2.75, 3.05) is 13.1 Å². The molecule has 106 valence electrons. The normalized spacial score (nSPS) is 26.2. The van der Waals surface area contributed by atoms with Crippen LogP contribution < -0.4 is 5.32 Å². The van der Waals surface area contributed by atoms with E-state index in [0.29, 0.717) is 11.8 Å². The Morgan fingerprint density at radius 1 is 1.05 bits per heavy atom. The highest BCUT2D eigenvalue weighted by atomic mass is 16.5. The van der Waals surface area contributed by atoms with Crippen LogP contribution in [0.5, 0.6) is 0 Å². The van der Waals surface area contributed by atoms with Crippen LogP contribution in [0.15, 0.2) is 4.52 Å². The van der Waals surface area contributed by atoms with Gasteiger partial charge in [-0.05, 0) is 44.7 Å². The van der Waals surface area contributed by atoms with Crippen LogP contribution in [0.2, 0.25) is 0 Å². The van der Waals surface area contributed by atoms with E-state index in [1.54, 1.807) is 0 Å². The van der Waals surface area contributed by atoms with Crippen molar-refractivity contribution in [3.05, 3.63) is 11.7 Å². The molecule has 1 atom stereocenters. The fourth-order valence-electron chi connectivity index (χ4n) is 3.40. The van der Waals surface area contributed by atoms with E-state index in [9.17, 15) is 0 Å². The van der Waals surface area contributed by atoms with Crippen molar-refractivity contribution in [3.8, 4) is 0 Å². The smallest absolute Gasteiger partial charge is 0.226 e. The first-order valence-corrected chi connectivity index (χ1v) is 7.95. The Hall–Kier alpha value is -0.900. The summed E-state index contributed by atoms with van der Waals surface area (Å²) in [6.07, 6.45) is 11.4. The lowest BCUT2D eigenvalue weighted by atomic mass is 9.96. The Morgan fingerprint density at radius 2 is 1.89 bits per heavy atom. The standard InChI is InChI=1S/C15H25N3O/c1-2-4-8-13(7-3-1)15-17-14(19-18-15)10-12-6-5-9-16-11-12/h12-13,16H,1-11H2/t12-/m1/s1. The second-order valence-electron chi connectivity index (χ2n) is 6.15. The molecule has 1 aliphatic heterocycles. The van der Waals surface area contributed by atoms with Crippen molar-refractivity contribution in [1.82, 2.24) is 15.5 Å². The number of nitrogens with zero attached hydrogens (tertiary/aromatic N) is 2. The summed E-state index contributed by atoms with van der Waals surface area (Å²) >= 11 is 0.